The summed E-state index contributed by atoms with van der Waals surface area (Å²) in [6.07, 6.45) is 0. The second kappa shape index (κ2) is 3.67. The highest BCUT2D eigenvalue weighted by Gasteiger charge is 2.15. The Labute approximate surface area is 99.2 Å². The fourth-order valence-corrected chi connectivity index (χ4v) is 3.22. The summed E-state index contributed by atoms with van der Waals surface area (Å²) in [5.74, 6) is 0.539. The minimum Gasteiger partial charge on any atom is -0.346 e. The Hall–Kier alpha value is -0.760. The average Bonchev–Trinajstić information content (AvgIpc) is 2.39. The van der Waals surface area contributed by atoms with Gasteiger partial charge in [-0.25, -0.2) is 0 Å². The quantitative estimate of drug-likeness (QED) is 0.722. The lowest BCUT2D eigenvalue weighted by Gasteiger charge is -2.08. The molecule has 0 spiro atoms. The molecule has 0 saturated carbocycles. The molecular weight excluding hydrogens is 250 g/mol. The summed E-state index contributed by atoms with van der Waals surface area (Å²) in [6.45, 7) is 6.59. The van der Waals surface area contributed by atoms with Gasteiger partial charge < -0.3 is 4.57 Å². The summed E-state index contributed by atoms with van der Waals surface area (Å²) in [5.41, 5.74) is 3.99. The lowest BCUT2D eigenvalue weighted by Crippen LogP contribution is -1.98. The van der Waals surface area contributed by atoms with E-state index in [4.69, 9.17) is 0 Å². The van der Waals surface area contributed by atoms with Gasteiger partial charge in [0.05, 0.1) is 0 Å². The Bertz CT molecular complexity index is 509. The third-order valence-electron chi connectivity index (χ3n) is 2.88. The summed E-state index contributed by atoms with van der Waals surface area (Å²) >= 11 is 3.71. The van der Waals surface area contributed by atoms with Gasteiger partial charge in [0.1, 0.15) is 0 Å². The van der Waals surface area contributed by atoms with E-state index in [0.29, 0.717) is 5.92 Å². The van der Waals surface area contributed by atoms with Crippen LogP contribution in [0.2, 0.25) is 0 Å². The van der Waals surface area contributed by atoms with Crippen molar-refractivity contribution < 1.29 is 0 Å². The molecule has 1 aromatic heterocycles. The van der Waals surface area contributed by atoms with Crippen LogP contribution in [0, 0.1) is 6.92 Å². The maximum atomic E-state index is 3.71. The van der Waals surface area contributed by atoms with Crippen LogP contribution in [0.5, 0.6) is 0 Å². The molecule has 0 fully saturated rings. The normalized spacial score (nSPS) is 11.6. The Morgan fingerprint density at radius 2 is 1.93 bits per heavy atom. The van der Waals surface area contributed by atoms with Crippen LogP contribution in [0.3, 0.4) is 0 Å². The van der Waals surface area contributed by atoms with E-state index in [-0.39, 0.29) is 0 Å². The molecule has 0 atom stereocenters. The summed E-state index contributed by atoms with van der Waals surface area (Å²) in [4.78, 5) is 0. The first-order chi connectivity index (χ1) is 7.02. The van der Waals surface area contributed by atoms with E-state index in [2.05, 4.69) is 66.5 Å². The predicted octanol–water partition coefficient (Wildman–Crippen LogP) is 4.37. The summed E-state index contributed by atoms with van der Waals surface area (Å²) < 4.78 is 3.53. The van der Waals surface area contributed by atoms with Gasteiger partial charge in [-0.2, -0.15) is 0 Å². The molecule has 0 amide bonds. The van der Waals surface area contributed by atoms with E-state index >= 15 is 0 Å². The minimum absolute atomic E-state index is 0.539. The first-order valence-corrected chi connectivity index (χ1v) is 6.06. The van der Waals surface area contributed by atoms with Crippen LogP contribution in [-0.2, 0) is 7.05 Å². The molecule has 80 valence electrons. The van der Waals surface area contributed by atoms with Crippen LogP contribution in [0.15, 0.2) is 22.7 Å². The molecule has 1 aromatic carbocycles. The molecule has 2 heteroatoms. The zero-order chi connectivity index (χ0) is 11.2. The van der Waals surface area contributed by atoms with E-state index in [1.165, 1.54) is 26.6 Å². The fourth-order valence-electron chi connectivity index (χ4n) is 2.16. The van der Waals surface area contributed by atoms with Crippen molar-refractivity contribution in [2.45, 2.75) is 26.7 Å². The molecule has 2 aromatic rings. The molecule has 0 radical (unpaired) electrons. The van der Waals surface area contributed by atoms with Crippen molar-refractivity contribution >= 4 is 26.8 Å². The monoisotopic (exact) mass is 265 g/mol. The summed E-state index contributed by atoms with van der Waals surface area (Å²) in [7, 11) is 2.14. The Morgan fingerprint density at radius 1 is 1.27 bits per heavy atom. The number of halogens is 1. The minimum atomic E-state index is 0.539. The molecule has 0 saturated heterocycles. The van der Waals surface area contributed by atoms with E-state index in [9.17, 15) is 0 Å². The Kier molecular flexibility index (Phi) is 2.63. The number of nitrogens with zero attached hydrogens (tertiary/aromatic N) is 1. The van der Waals surface area contributed by atoms with Crippen LogP contribution in [0.1, 0.15) is 31.0 Å². The topological polar surface area (TPSA) is 4.93 Å². The molecular formula is C13H16BrN. The highest BCUT2D eigenvalue weighted by molar-refractivity contribution is 9.10. The van der Waals surface area contributed by atoms with E-state index in [1.807, 2.05) is 0 Å². The van der Waals surface area contributed by atoms with Crippen LogP contribution in [-0.4, -0.2) is 4.57 Å². The maximum absolute atomic E-state index is 3.71. The zero-order valence-corrected chi connectivity index (χ0v) is 11.2. The van der Waals surface area contributed by atoms with Crippen LogP contribution in [0.4, 0.5) is 0 Å². The average molecular weight is 266 g/mol. The van der Waals surface area contributed by atoms with Crippen molar-refractivity contribution in [2.24, 2.45) is 7.05 Å². The van der Waals surface area contributed by atoms with Gasteiger partial charge in [-0.15, -0.1) is 0 Å². The molecule has 1 nitrogen and oxygen atoms in total. The predicted molar refractivity (Wildman–Crippen MR) is 69.4 cm³/mol. The SMILES string of the molecule is Cc1ccc2c(Br)c(C(C)C)n(C)c2c1. The van der Waals surface area contributed by atoms with Gasteiger partial charge in [-0.05, 0) is 40.4 Å². The van der Waals surface area contributed by atoms with E-state index in [0.717, 1.165) is 0 Å². The van der Waals surface area contributed by atoms with Gasteiger partial charge in [-0.3, -0.25) is 0 Å². The molecule has 1 heterocycles. The van der Waals surface area contributed by atoms with E-state index < -0.39 is 0 Å². The molecule has 0 N–H and O–H groups in total. The lowest BCUT2D eigenvalue weighted by molar-refractivity contribution is 0.750. The number of rotatable bonds is 1. The molecule has 0 bridgehead atoms. The molecule has 0 aliphatic heterocycles. The van der Waals surface area contributed by atoms with Crippen molar-refractivity contribution in [1.82, 2.24) is 4.57 Å². The highest BCUT2D eigenvalue weighted by Crippen LogP contribution is 2.34. The van der Waals surface area contributed by atoms with Gasteiger partial charge in [0, 0.05) is 28.1 Å². The van der Waals surface area contributed by atoms with Crippen molar-refractivity contribution in [3.63, 3.8) is 0 Å². The molecule has 2 rings (SSSR count). The van der Waals surface area contributed by atoms with Gasteiger partial charge in [0.15, 0.2) is 0 Å². The largest absolute Gasteiger partial charge is 0.346 e. The van der Waals surface area contributed by atoms with Crippen molar-refractivity contribution in [1.29, 1.82) is 0 Å². The molecule has 15 heavy (non-hydrogen) atoms. The maximum Gasteiger partial charge on any atom is 0.0494 e. The first kappa shape index (κ1) is 10.7. The smallest absolute Gasteiger partial charge is 0.0494 e. The number of fused-ring (bicyclic) bond motifs is 1. The van der Waals surface area contributed by atoms with Gasteiger partial charge in [-0.1, -0.05) is 26.0 Å². The molecule has 0 aliphatic carbocycles. The third kappa shape index (κ3) is 1.61. The zero-order valence-electron chi connectivity index (χ0n) is 9.63. The number of benzene rings is 1. The number of hydrogen-bond acceptors (Lipinski definition) is 0. The molecule has 0 unspecified atom stereocenters. The van der Waals surface area contributed by atoms with Crippen LogP contribution in [0.25, 0.3) is 10.9 Å². The highest BCUT2D eigenvalue weighted by atomic mass is 79.9. The van der Waals surface area contributed by atoms with Crippen LogP contribution < -0.4 is 0 Å². The second-order valence-electron chi connectivity index (χ2n) is 4.43. The van der Waals surface area contributed by atoms with Gasteiger partial charge in [0.2, 0.25) is 0 Å². The number of aromatic nitrogens is 1. The lowest BCUT2D eigenvalue weighted by atomic mass is 10.1. The fraction of sp³-hybridized carbons (Fsp3) is 0.385. The van der Waals surface area contributed by atoms with Crippen molar-refractivity contribution in [3.8, 4) is 0 Å². The Balaban J connectivity index is 2.85. The molecule has 0 aliphatic rings. The van der Waals surface area contributed by atoms with Crippen LogP contribution >= 0.6 is 15.9 Å². The van der Waals surface area contributed by atoms with Gasteiger partial charge >= 0.3 is 0 Å². The van der Waals surface area contributed by atoms with E-state index in [1.54, 1.807) is 0 Å². The first-order valence-electron chi connectivity index (χ1n) is 5.26. The third-order valence-corrected chi connectivity index (χ3v) is 3.72. The van der Waals surface area contributed by atoms with Crippen molar-refractivity contribution in [2.75, 3.05) is 0 Å². The second-order valence-corrected chi connectivity index (χ2v) is 5.23. The number of hydrogen-bond donors (Lipinski definition) is 0. The standard InChI is InChI=1S/C13H16BrN/c1-8(2)13-12(14)10-6-5-9(3)7-11(10)15(13)4/h5-8H,1-4H3. The Morgan fingerprint density at radius 3 is 2.53 bits per heavy atom. The number of aryl methyl sites for hydroxylation is 2. The van der Waals surface area contributed by atoms with Crippen molar-refractivity contribution in [3.05, 3.63) is 33.9 Å². The summed E-state index contributed by atoms with van der Waals surface area (Å²) in [6, 6.07) is 6.60. The van der Waals surface area contributed by atoms with Gasteiger partial charge in [0.25, 0.3) is 0 Å². The summed E-state index contributed by atoms with van der Waals surface area (Å²) in [5, 5.41) is 1.31.